The minimum Gasteiger partial charge on any atom is -0.288 e. The molecule has 1 fully saturated rings. The van der Waals surface area contributed by atoms with Crippen LogP contribution in [0.4, 0.5) is 0 Å². The number of carbonyl (C=O) groups is 1. The predicted octanol–water partition coefficient (Wildman–Crippen LogP) is 2.05. The Bertz CT molecular complexity index is 342. The van der Waals surface area contributed by atoms with Crippen molar-refractivity contribution in [2.45, 2.75) is 32.6 Å². The van der Waals surface area contributed by atoms with Crippen molar-refractivity contribution in [1.29, 1.82) is 0 Å². The van der Waals surface area contributed by atoms with Crippen LogP contribution in [-0.2, 0) is 19.1 Å². The van der Waals surface area contributed by atoms with Gasteiger partial charge in [-0.25, -0.2) is 0 Å². The third-order valence-electron chi connectivity index (χ3n) is 3.01. The molecule has 0 atom stereocenters. The van der Waals surface area contributed by atoms with E-state index in [4.69, 9.17) is 4.18 Å². The molecule has 4 nitrogen and oxygen atoms in total. The van der Waals surface area contributed by atoms with Gasteiger partial charge in [0.2, 0.25) is 0 Å². The van der Waals surface area contributed by atoms with Gasteiger partial charge in [0.25, 0.3) is 10.1 Å². The molecule has 1 rings (SSSR count). The lowest BCUT2D eigenvalue weighted by Crippen LogP contribution is -2.21. The van der Waals surface area contributed by atoms with Crippen LogP contribution in [0.25, 0.3) is 0 Å². The quantitative estimate of drug-likeness (QED) is 0.721. The van der Waals surface area contributed by atoms with Gasteiger partial charge >= 0.3 is 0 Å². The summed E-state index contributed by atoms with van der Waals surface area (Å²) in [5, 5.41) is 0.174. The fourth-order valence-electron chi connectivity index (χ4n) is 2.02. The molecule has 0 heterocycles. The first kappa shape index (κ1) is 15.0. The maximum Gasteiger partial charge on any atom is 0.264 e. The Balaban J connectivity index is 2.19. The summed E-state index contributed by atoms with van der Waals surface area (Å²) in [6, 6.07) is 0. The molecule has 6 heteroatoms. The van der Waals surface area contributed by atoms with E-state index in [1.165, 1.54) is 11.8 Å². The summed E-state index contributed by atoms with van der Waals surface area (Å²) < 4.78 is 26.5. The van der Waals surface area contributed by atoms with Crippen LogP contribution >= 0.6 is 11.8 Å². The van der Waals surface area contributed by atoms with E-state index in [1.807, 2.05) is 0 Å². The lowest BCUT2D eigenvalue weighted by molar-refractivity contribution is -0.109. The number of hydrogen-bond acceptors (Lipinski definition) is 5. The fourth-order valence-corrected chi connectivity index (χ4v) is 3.26. The van der Waals surface area contributed by atoms with Crippen LogP contribution < -0.4 is 0 Å². The molecule has 0 aliphatic heterocycles. The van der Waals surface area contributed by atoms with E-state index in [1.54, 1.807) is 6.92 Å². The van der Waals surface area contributed by atoms with Gasteiger partial charge in [0.1, 0.15) is 0 Å². The third kappa shape index (κ3) is 7.06. The van der Waals surface area contributed by atoms with E-state index in [9.17, 15) is 13.2 Å². The molecule has 1 saturated carbocycles. The first-order valence-electron chi connectivity index (χ1n) is 5.84. The molecule has 0 unspecified atom stereocenters. The Morgan fingerprint density at radius 1 is 1.24 bits per heavy atom. The van der Waals surface area contributed by atoms with Gasteiger partial charge in [-0.3, -0.25) is 8.98 Å². The minimum atomic E-state index is -3.31. The van der Waals surface area contributed by atoms with Crippen molar-refractivity contribution in [3.63, 3.8) is 0 Å². The lowest BCUT2D eigenvalue weighted by Gasteiger charge is -2.27. The number of rotatable bonds is 5. The molecule has 0 aromatic heterocycles. The van der Waals surface area contributed by atoms with E-state index >= 15 is 0 Å². The highest BCUT2D eigenvalue weighted by molar-refractivity contribution is 8.13. The van der Waals surface area contributed by atoms with Gasteiger partial charge in [0.05, 0.1) is 12.9 Å². The fraction of sp³-hybridized carbons (Fsp3) is 0.909. The first-order chi connectivity index (χ1) is 7.87. The highest BCUT2D eigenvalue weighted by atomic mass is 32.2. The Labute approximate surface area is 108 Å². The van der Waals surface area contributed by atoms with Crippen LogP contribution in [0.2, 0.25) is 0 Å². The van der Waals surface area contributed by atoms with Crippen molar-refractivity contribution in [3.8, 4) is 0 Å². The Morgan fingerprint density at radius 3 is 2.24 bits per heavy atom. The number of hydrogen-bond donors (Lipinski definition) is 0. The molecule has 0 radical (unpaired) electrons. The molecule has 1 aliphatic rings. The molecule has 0 aromatic rings. The standard InChI is InChI=1S/C11H20O4S2/c1-9(12)16-8-11-5-3-10(4-6-11)7-15-17(2,13)14/h10-11H,3-8H2,1-2H3. The summed E-state index contributed by atoms with van der Waals surface area (Å²) in [6.45, 7) is 1.90. The van der Waals surface area contributed by atoms with E-state index in [0.717, 1.165) is 37.7 Å². The summed E-state index contributed by atoms with van der Waals surface area (Å²) in [5.41, 5.74) is 0. The van der Waals surface area contributed by atoms with E-state index in [2.05, 4.69) is 0 Å². The van der Waals surface area contributed by atoms with Gasteiger partial charge in [-0.1, -0.05) is 11.8 Å². The monoisotopic (exact) mass is 280 g/mol. The van der Waals surface area contributed by atoms with Crippen LogP contribution in [0, 0.1) is 11.8 Å². The molecule has 0 aromatic carbocycles. The zero-order valence-electron chi connectivity index (χ0n) is 10.3. The van der Waals surface area contributed by atoms with Crippen molar-refractivity contribution in [3.05, 3.63) is 0 Å². The van der Waals surface area contributed by atoms with Crippen molar-refractivity contribution in [1.82, 2.24) is 0 Å². The van der Waals surface area contributed by atoms with Gasteiger partial charge in [0.15, 0.2) is 5.12 Å². The topological polar surface area (TPSA) is 60.4 Å². The normalized spacial score (nSPS) is 25.8. The molecule has 17 heavy (non-hydrogen) atoms. The smallest absolute Gasteiger partial charge is 0.264 e. The maximum absolute atomic E-state index is 10.9. The Hall–Kier alpha value is -0.0700. The second-order valence-electron chi connectivity index (χ2n) is 4.68. The van der Waals surface area contributed by atoms with Crippen molar-refractivity contribution in [2.75, 3.05) is 18.6 Å². The van der Waals surface area contributed by atoms with Crippen molar-refractivity contribution >= 4 is 27.0 Å². The second kappa shape index (κ2) is 6.75. The van der Waals surface area contributed by atoms with Crippen LogP contribution in [0.5, 0.6) is 0 Å². The van der Waals surface area contributed by atoms with Crippen LogP contribution in [0.15, 0.2) is 0 Å². The molecule has 0 N–H and O–H groups in total. The molecule has 0 amide bonds. The molecular formula is C11H20O4S2. The highest BCUT2D eigenvalue weighted by Crippen LogP contribution is 2.31. The summed E-state index contributed by atoms with van der Waals surface area (Å²) in [6.07, 6.45) is 5.22. The summed E-state index contributed by atoms with van der Waals surface area (Å²) in [7, 11) is -3.31. The zero-order chi connectivity index (χ0) is 12.9. The molecule has 100 valence electrons. The predicted molar refractivity (Wildman–Crippen MR) is 69.4 cm³/mol. The first-order valence-corrected chi connectivity index (χ1v) is 8.65. The van der Waals surface area contributed by atoms with E-state index < -0.39 is 10.1 Å². The van der Waals surface area contributed by atoms with Crippen molar-refractivity contribution < 1.29 is 17.4 Å². The Morgan fingerprint density at radius 2 is 1.76 bits per heavy atom. The zero-order valence-corrected chi connectivity index (χ0v) is 12.0. The number of thioether (sulfide) groups is 1. The molecular weight excluding hydrogens is 260 g/mol. The van der Waals surface area contributed by atoms with Gasteiger partial charge in [-0.2, -0.15) is 8.42 Å². The molecule has 0 saturated heterocycles. The average Bonchev–Trinajstić information content (AvgIpc) is 2.24. The SMILES string of the molecule is CC(=O)SCC1CCC(COS(C)(=O)=O)CC1. The van der Waals surface area contributed by atoms with E-state index in [-0.39, 0.29) is 5.12 Å². The average molecular weight is 280 g/mol. The minimum absolute atomic E-state index is 0.174. The van der Waals surface area contributed by atoms with Gasteiger partial charge in [0, 0.05) is 12.7 Å². The largest absolute Gasteiger partial charge is 0.288 e. The van der Waals surface area contributed by atoms with Gasteiger partial charge in [-0.05, 0) is 37.5 Å². The lowest BCUT2D eigenvalue weighted by atomic mass is 9.83. The summed E-state index contributed by atoms with van der Waals surface area (Å²) in [4.78, 5) is 10.8. The summed E-state index contributed by atoms with van der Waals surface area (Å²) in [5.74, 6) is 1.84. The second-order valence-corrected chi connectivity index (χ2v) is 7.52. The third-order valence-corrected chi connectivity index (χ3v) is 4.62. The van der Waals surface area contributed by atoms with E-state index in [0.29, 0.717) is 18.4 Å². The number of carbonyl (C=O) groups excluding carboxylic acids is 1. The Kier molecular flexibility index (Phi) is 5.95. The van der Waals surface area contributed by atoms with Crippen LogP contribution in [0.3, 0.4) is 0 Å². The molecule has 0 bridgehead atoms. The summed E-state index contributed by atoms with van der Waals surface area (Å²) >= 11 is 1.39. The molecule has 0 spiro atoms. The van der Waals surface area contributed by atoms with Crippen LogP contribution in [-0.4, -0.2) is 32.1 Å². The molecule has 1 aliphatic carbocycles. The maximum atomic E-state index is 10.9. The van der Waals surface area contributed by atoms with Crippen LogP contribution in [0.1, 0.15) is 32.6 Å². The van der Waals surface area contributed by atoms with Crippen molar-refractivity contribution in [2.24, 2.45) is 11.8 Å². The van der Waals surface area contributed by atoms with Gasteiger partial charge in [-0.15, -0.1) is 0 Å². The highest BCUT2D eigenvalue weighted by Gasteiger charge is 2.22. The van der Waals surface area contributed by atoms with Gasteiger partial charge < -0.3 is 0 Å².